The van der Waals surface area contributed by atoms with Crippen LogP contribution in [0, 0.1) is 0 Å². The van der Waals surface area contributed by atoms with Crippen LogP contribution in [0.4, 0.5) is 0 Å². The molecule has 106 valence electrons. The molecule has 0 aromatic heterocycles. The molecule has 0 aliphatic carbocycles. The Labute approximate surface area is 109 Å². The zero-order valence-electron chi connectivity index (χ0n) is 10.3. The lowest BCUT2D eigenvalue weighted by atomic mass is 10.3. The van der Waals surface area contributed by atoms with Crippen LogP contribution < -0.4 is 5.73 Å². The van der Waals surface area contributed by atoms with Gasteiger partial charge in [-0.1, -0.05) is 0 Å². The molecule has 1 heterocycles. The number of ether oxygens (including phenoxy) is 2. The number of hydrogen-bond donors (Lipinski definition) is 2. The quantitative estimate of drug-likeness (QED) is 0.292. The molecular formula is C11H16N2O6. The van der Waals surface area contributed by atoms with E-state index in [0.29, 0.717) is 0 Å². The standard InChI is InChI=1S/C11H16N2O6/c12-8(7-14)11(17)19-6-5-18-4-3-13-9(15)1-2-10(13)16/h1-2,8,14H,3-7,12H2/t8-/m0/s1. The number of carbonyl (C=O) groups is 3. The summed E-state index contributed by atoms with van der Waals surface area (Å²) in [7, 11) is 0. The zero-order valence-corrected chi connectivity index (χ0v) is 10.3. The van der Waals surface area contributed by atoms with Crippen LogP contribution in [0.3, 0.4) is 0 Å². The highest BCUT2D eigenvalue weighted by Gasteiger charge is 2.22. The van der Waals surface area contributed by atoms with E-state index in [-0.39, 0.29) is 38.2 Å². The maximum atomic E-state index is 11.2. The summed E-state index contributed by atoms with van der Waals surface area (Å²) in [5, 5.41) is 8.58. The number of aliphatic hydroxyl groups excluding tert-OH is 1. The zero-order chi connectivity index (χ0) is 14.3. The van der Waals surface area contributed by atoms with Crippen molar-refractivity contribution < 1.29 is 29.0 Å². The van der Waals surface area contributed by atoms with Crippen LogP contribution in [0.1, 0.15) is 0 Å². The minimum absolute atomic E-state index is 0.00727. The molecule has 8 nitrogen and oxygen atoms in total. The SMILES string of the molecule is N[C@@H](CO)C(=O)OCCOCCN1C(=O)C=CC1=O. The van der Waals surface area contributed by atoms with E-state index < -0.39 is 18.6 Å². The third-order valence-corrected chi connectivity index (χ3v) is 2.33. The van der Waals surface area contributed by atoms with Gasteiger partial charge in [0.1, 0.15) is 12.6 Å². The molecule has 2 amide bonds. The molecule has 0 aromatic rings. The van der Waals surface area contributed by atoms with Crippen LogP contribution >= 0.6 is 0 Å². The third kappa shape index (κ3) is 4.78. The molecule has 0 bridgehead atoms. The number of aliphatic hydroxyl groups is 1. The van der Waals surface area contributed by atoms with Gasteiger partial charge in [-0.3, -0.25) is 19.3 Å². The van der Waals surface area contributed by atoms with Crippen molar-refractivity contribution in [3.63, 3.8) is 0 Å². The molecule has 0 saturated heterocycles. The molecule has 0 radical (unpaired) electrons. The van der Waals surface area contributed by atoms with Crippen LogP contribution in [0.2, 0.25) is 0 Å². The van der Waals surface area contributed by atoms with Crippen molar-refractivity contribution >= 4 is 17.8 Å². The summed E-state index contributed by atoms with van der Waals surface area (Å²) in [6.45, 7) is -0.0659. The van der Waals surface area contributed by atoms with E-state index in [9.17, 15) is 14.4 Å². The number of nitrogens with zero attached hydrogens (tertiary/aromatic N) is 1. The van der Waals surface area contributed by atoms with Crippen molar-refractivity contribution in [2.45, 2.75) is 6.04 Å². The van der Waals surface area contributed by atoms with Crippen LogP contribution in [-0.4, -0.2) is 66.8 Å². The van der Waals surface area contributed by atoms with Crippen molar-refractivity contribution in [3.05, 3.63) is 12.2 Å². The fraction of sp³-hybridized carbons (Fsp3) is 0.545. The number of hydrogen-bond acceptors (Lipinski definition) is 7. The van der Waals surface area contributed by atoms with Gasteiger partial charge in [0.15, 0.2) is 0 Å². The van der Waals surface area contributed by atoms with Crippen molar-refractivity contribution in [3.8, 4) is 0 Å². The summed E-state index contributed by atoms with van der Waals surface area (Å²) in [6, 6.07) is -1.05. The molecule has 1 rings (SSSR count). The first-order valence-electron chi connectivity index (χ1n) is 5.70. The van der Waals surface area contributed by atoms with Crippen molar-refractivity contribution in [1.82, 2.24) is 4.90 Å². The maximum absolute atomic E-state index is 11.2. The number of nitrogens with two attached hydrogens (primary N) is 1. The second-order valence-electron chi connectivity index (χ2n) is 3.73. The number of imide groups is 1. The van der Waals surface area contributed by atoms with E-state index in [2.05, 4.69) is 0 Å². The van der Waals surface area contributed by atoms with Gasteiger partial charge < -0.3 is 20.3 Å². The molecule has 0 saturated carbocycles. The fourth-order valence-electron chi connectivity index (χ4n) is 1.29. The Bertz CT molecular complexity index is 363. The Morgan fingerprint density at radius 2 is 1.89 bits per heavy atom. The molecule has 19 heavy (non-hydrogen) atoms. The van der Waals surface area contributed by atoms with Crippen molar-refractivity contribution in [2.75, 3.05) is 33.0 Å². The number of esters is 1. The maximum Gasteiger partial charge on any atom is 0.325 e. The van der Waals surface area contributed by atoms with Gasteiger partial charge in [0.2, 0.25) is 0 Å². The van der Waals surface area contributed by atoms with Gasteiger partial charge in [-0.25, -0.2) is 0 Å². The van der Waals surface area contributed by atoms with Gasteiger partial charge in [-0.2, -0.15) is 0 Å². The number of amides is 2. The normalized spacial score (nSPS) is 16.0. The molecule has 3 N–H and O–H groups in total. The van der Waals surface area contributed by atoms with Crippen LogP contribution in [-0.2, 0) is 23.9 Å². The Hall–Kier alpha value is -1.77. The van der Waals surface area contributed by atoms with E-state index in [1.54, 1.807) is 0 Å². The number of carbonyl (C=O) groups excluding carboxylic acids is 3. The van der Waals surface area contributed by atoms with Gasteiger partial charge >= 0.3 is 5.97 Å². The molecule has 1 aliphatic heterocycles. The van der Waals surface area contributed by atoms with Crippen molar-refractivity contribution in [1.29, 1.82) is 0 Å². The summed E-state index contributed by atoms with van der Waals surface area (Å²) >= 11 is 0. The van der Waals surface area contributed by atoms with E-state index in [0.717, 1.165) is 4.90 Å². The van der Waals surface area contributed by atoms with Crippen LogP contribution in [0.15, 0.2) is 12.2 Å². The van der Waals surface area contributed by atoms with Gasteiger partial charge in [0.25, 0.3) is 11.8 Å². The predicted molar refractivity (Wildman–Crippen MR) is 62.7 cm³/mol. The Kier molecular flexibility index (Phi) is 6.13. The first-order chi connectivity index (χ1) is 9.06. The molecule has 1 aliphatic rings. The smallest absolute Gasteiger partial charge is 0.325 e. The van der Waals surface area contributed by atoms with E-state index in [1.807, 2.05) is 0 Å². The summed E-state index contributed by atoms with van der Waals surface area (Å²) in [5.74, 6) is -1.44. The van der Waals surface area contributed by atoms with E-state index in [1.165, 1.54) is 12.2 Å². The van der Waals surface area contributed by atoms with Gasteiger partial charge in [-0.05, 0) is 0 Å². The fourth-order valence-corrected chi connectivity index (χ4v) is 1.29. The Balaban J connectivity index is 2.04. The summed E-state index contributed by atoms with van der Waals surface area (Å²) in [5.41, 5.74) is 5.22. The Morgan fingerprint density at radius 3 is 2.47 bits per heavy atom. The highest BCUT2D eigenvalue weighted by atomic mass is 16.6. The predicted octanol–water partition coefficient (Wildman–Crippen LogP) is -2.21. The molecule has 0 aromatic carbocycles. The summed E-state index contributed by atoms with van der Waals surface area (Å²) in [6.07, 6.45) is 2.39. The molecule has 0 unspecified atom stereocenters. The highest BCUT2D eigenvalue weighted by molar-refractivity contribution is 6.12. The minimum Gasteiger partial charge on any atom is -0.462 e. The summed E-state index contributed by atoms with van der Waals surface area (Å²) < 4.78 is 9.80. The van der Waals surface area contributed by atoms with Crippen LogP contribution in [0.25, 0.3) is 0 Å². The molecular weight excluding hydrogens is 256 g/mol. The highest BCUT2D eigenvalue weighted by Crippen LogP contribution is 2.02. The van der Waals surface area contributed by atoms with E-state index in [4.69, 9.17) is 20.3 Å². The molecule has 1 atom stereocenters. The molecule has 0 fully saturated rings. The van der Waals surface area contributed by atoms with Gasteiger partial charge in [0.05, 0.1) is 26.4 Å². The monoisotopic (exact) mass is 272 g/mol. The topological polar surface area (TPSA) is 119 Å². The second-order valence-corrected chi connectivity index (χ2v) is 3.73. The summed E-state index contributed by atoms with van der Waals surface area (Å²) in [4.78, 5) is 34.4. The first kappa shape index (κ1) is 15.3. The van der Waals surface area contributed by atoms with E-state index >= 15 is 0 Å². The average molecular weight is 272 g/mol. The van der Waals surface area contributed by atoms with Gasteiger partial charge in [-0.15, -0.1) is 0 Å². The Morgan fingerprint density at radius 1 is 1.26 bits per heavy atom. The number of rotatable bonds is 8. The van der Waals surface area contributed by atoms with Gasteiger partial charge in [0, 0.05) is 12.2 Å². The second kappa shape index (κ2) is 7.62. The lowest BCUT2D eigenvalue weighted by Gasteiger charge is -2.13. The first-order valence-corrected chi connectivity index (χ1v) is 5.70. The van der Waals surface area contributed by atoms with Crippen LogP contribution in [0.5, 0.6) is 0 Å². The lowest BCUT2D eigenvalue weighted by Crippen LogP contribution is -2.36. The third-order valence-electron chi connectivity index (χ3n) is 2.33. The molecule has 0 spiro atoms. The lowest BCUT2D eigenvalue weighted by molar-refractivity contribution is -0.147. The minimum atomic E-state index is -1.05. The molecule has 8 heteroatoms. The average Bonchev–Trinajstić information content (AvgIpc) is 2.72. The van der Waals surface area contributed by atoms with Crippen molar-refractivity contribution in [2.24, 2.45) is 5.73 Å². The largest absolute Gasteiger partial charge is 0.462 e.